The largest absolute Gasteiger partial charge is 0.480 e. The number of aromatic nitrogens is 5. The number of methoxy groups -OCH3 is 1. The number of hydrogen-bond donors (Lipinski definition) is 1. The quantitative estimate of drug-likeness (QED) is 0.582. The molecule has 0 amide bonds. The molecule has 1 aromatic carbocycles. The summed E-state index contributed by atoms with van der Waals surface area (Å²) in [7, 11) is 1.57. The lowest BCUT2D eigenvalue weighted by molar-refractivity contribution is 0.396. The molecule has 0 bridgehead atoms. The van der Waals surface area contributed by atoms with Gasteiger partial charge in [-0.25, -0.2) is 19.5 Å². The van der Waals surface area contributed by atoms with Crippen LogP contribution < -0.4 is 10.1 Å². The van der Waals surface area contributed by atoms with Crippen molar-refractivity contribution >= 4 is 5.65 Å². The fourth-order valence-corrected chi connectivity index (χ4v) is 3.80. The van der Waals surface area contributed by atoms with Crippen LogP contribution in [0.5, 0.6) is 5.88 Å². The molecule has 3 aromatic heterocycles. The highest BCUT2D eigenvalue weighted by atomic mass is 16.5. The third kappa shape index (κ3) is 3.45. The molecule has 0 aliphatic carbocycles. The molecule has 0 atom stereocenters. The Morgan fingerprint density at radius 2 is 2.07 bits per heavy atom. The van der Waals surface area contributed by atoms with Crippen LogP contribution >= 0.6 is 0 Å². The third-order valence-corrected chi connectivity index (χ3v) is 5.35. The van der Waals surface area contributed by atoms with Gasteiger partial charge in [0, 0.05) is 17.3 Å². The van der Waals surface area contributed by atoms with Crippen molar-refractivity contribution in [2.24, 2.45) is 0 Å². The average molecular weight is 385 g/mol. The highest BCUT2D eigenvalue weighted by Gasteiger charge is 2.17. The Hall–Kier alpha value is -3.32. The summed E-state index contributed by atoms with van der Waals surface area (Å²) >= 11 is 0. The van der Waals surface area contributed by atoms with Gasteiger partial charge in [-0.15, -0.1) is 5.10 Å². The number of ether oxygens (including phenoxy) is 1. The lowest BCUT2D eigenvalue weighted by Gasteiger charge is -2.23. The smallest absolute Gasteiger partial charge is 0.232 e. The molecule has 1 radical (unpaired) electrons. The molecule has 145 valence electrons. The number of benzene rings is 1. The number of pyridine rings is 1. The van der Waals surface area contributed by atoms with Crippen molar-refractivity contribution in [3.05, 3.63) is 60.6 Å². The topological polar surface area (TPSA) is 77.2 Å². The molecule has 7 nitrogen and oxygen atoms in total. The summed E-state index contributed by atoms with van der Waals surface area (Å²) < 4.78 is 6.88. The third-order valence-electron chi connectivity index (χ3n) is 5.35. The van der Waals surface area contributed by atoms with Gasteiger partial charge < -0.3 is 10.1 Å². The molecule has 7 heteroatoms. The van der Waals surface area contributed by atoms with Crippen LogP contribution in [0.3, 0.4) is 0 Å². The molecule has 1 N–H and O–H groups in total. The minimum absolute atomic E-state index is 0.479. The normalized spacial score (nSPS) is 14.9. The van der Waals surface area contributed by atoms with Crippen molar-refractivity contribution in [3.8, 4) is 28.5 Å². The molecule has 1 saturated heterocycles. The number of piperidine rings is 1. The molecule has 1 fully saturated rings. The minimum Gasteiger partial charge on any atom is -0.480 e. The molecule has 5 rings (SSSR count). The van der Waals surface area contributed by atoms with Crippen LogP contribution in [-0.2, 0) is 0 Å². The highest BCUT2D eigenvalue weighted by molar-refractivity contribution is 5.76. The highest BCUT2D eigenvalue weighted by Crippen LogP contribution is 2.29. The summed E-state index contributed by atoms with van der Waals surface area (Å²) in [6.45, 7) is 2.13. The van der Waals surface area contributed by atoms with E-state index in [1.54, 1.807) is 24.0 Å². The van der Waals surface area contributed by atoms with Crippen LogP contribution in [-0.4, -0.2) is 44.8 Å². The van der Waals surface area contributed by atoms with Gasteiger partial charge in [-0.1, -0.05) is 12.1 Å². The fraction of sp³-hybridized carbons (Fsp3) is 0.273. The van der Waals surface area contributed by atoms with Gasteiger partial charge in [-0.2, -0.15) is 0 Å². The summed E-state index contributed by atoms with van der Waals surface area (Å²) in [5.41, 5.74) is 4.58. The SMILES string of the molecule is COc1cnc(-c2cccn3nc(-c4[c]ccc(C5CCNCC5)c4)nc23)cn1. The zero-order chi connectivity index (χ0) is 19.6. The van der Waals surface area contributed by atoms with Crippen molar-refractivity contribution in [1.82, 2.24) is 29.9 Å². The van der Waals surface area contributed by atoms with Crippen LogP contribution in [0.2, 0.25) is 0 Å². The van der Waals surface area contributed by atoms with E-state index >= 15 is 0 Å². The van der Waals surface area contributed by atoms with E-state index in [4.69, 9.17) is 9.72 Å². The lowest BCUT2D eigenvalue weighted by Crippen LogP contribution is -2.26. The molecule has 0 saturated carbocycles. The maximum atomic E-state index is 5.10. The Morgan fingerprint density at radius 3 is 2.86 bits per heavy atom. The maximum absolute atomic E-state index is 5.10. The molecule has 4 heterocycles. The van der Waals surface area contributed by atoms with Crippen LogP contribution in [0.1, 0.15) is 24.3 Å². The molecule has 4 aromatic rings. The van der Waals surface area contributed by atoms with Crippen molar-refractivity contribution in [2.75, 3.05) is 20.2 Å². The zero-order valence-electron chi connectivity index (χ0n) is 16.2. The Balaban J connectivity index is 1.53. The molecular weight excluding hydrogens is 364 g/mol. The monoisotopic (exact) mass is 385 g/mol. The van der Waals surface area contributed by atoms with Crippen molar-refractivity contribution < 1.29 is 4.74 Å². The first-order valence-corrected chi connectivity index (χ1v) is 9.76. The Kier molecular flexibility index (Phi) is 4.65. The summed E-state index contributed by atoms with van der Waals surface area (Å²) in [6, 6.07) is 13.5. The number of nitrogens with one attached hydrogen (secondary N) is 1. The van der Waals surface area contributed by atoms with Crippen molar-refractivity contribution in [1.29, 1.82) is 0 Å². The first-order chi connectivity index (χ1) is 14.3. The molecule has 0 spiro atoms. The van der Waals surface area contributed by atoms with Gasteiger partial charge >= 0.3 is 0 Å². The summed E-state index contributed by atoms with van der Waals surface area (Å²) in [5.74, 6) is 1.72. The Labute approximate surface area is 168 Å². The molecule has 1 aliphatic heterocycles. The lowest BCUT2D eigenvalue weighted by atomic mass is 9.89. The van der Waals surface area contributed by atoms with Gasteiger partial charge in [0.1, 0.15) is 0 Å². The van der Waals surface area contributed by atoms with E-state index < -0.39 is 0 Å². The number of fused-ring (bicyclic) bond motifs is 1. The second-order valence-corrected chi connectivity index (χ2v) is 7.13. The molecular formula is C22H21N6O. The van der Waals surface area contributed by atoms with Crippen LogP contribution in [0.15, 0.2) is 48.9 Å². The number of hydrogen-bond acceptors (Lipinski definition) is 6. The second kappa shape index (κ2) is 7.60. The van der Waals surface area contributed by atoms with Gasteiger partial charge in [-0.05, 0) is 61.7 Å². The minimum atomic E-state index is 0.479. The Morgan fingerprint density at radius 1 is 1.17 bits per heavy atom. The van der Waals surface area contributed by atoms with E-state index in [1.807, 2.05) is 24.4 Å². The van der Waals surface area contributed by atoms with E-state index in [9.17, 15) is 0 Å². The summed E-state index contributed by atoms with van der Waals surface area (Å²) in [4.78, 5) is 13.5. The summed E-state index contributed by atoms with van der Waals surface area (Å²) in [5, 5.41) is 8.10. The first-order valence-electron chi connectivity index (χ1n) is 9.76. The standard InChI is InChI=1S/C22H21N6O/c1-29-20-14-24-19(13-25-20)18-6-3-11-28-22(18)26-21(27-28)17-5-2-4-16(12-17)15-7-9-23-10-8-15/h2-4,6,11-15,23H,7-10H2,1H3. The molecule has 0 unspecified atom stereocenters. The zero-order valence-corrected chi connectivity index (χ0v) is 16.2. The van der Waals surface area contributed by atoms with Gasteiger partial charge in [0.2, 0.25) is 5.88 Å². The maximum Gasteiger partial charge on any atom is 0.232 e. The number of nitrogens with zero attached hydrogens (tertiary/aromatic N) is 5. The van der Waals surface area contributed by atoms with E-state index in [-0.39, 0.29) is 0 Å². The first kappa shape index (κ1) is 17.8. The fourth-order valence-electron chi connectivity index (χ4n) is 3.80. The summed E-state index contributed by atoms with van der Waals surface area (Å²) in [6.07, 6.45) is 7.49. The molecule has 29 heavy (non-hydrogen) atoms. The van der Waals surface area contributed by atoms with Crippen molar-refractivity contribution in [3.63, 3.8) is 0 Å². The predicted octanol–water partition coefficient (Wildman–Crippen LogP) is 3.13. The van der Waals surface area contributed by atoms with Gasteiger partial charge in [0.15, 0.2) is 11.5 Å². The van der Waals surface area contributed by atoms with Gasteiger partial charge in [0.05, 0.1) is 25.2 Å². The van der Waals surface area contributed by atoms with Crippen LogP contribution in [0, 0.1) is 6.07 Å². The predicted molar refractivity (Wildman–Crippen MR) is 110 cm³/mol. The van der Waals surface area contributed by atoms with E-state index in [2.05, 4.69) is 38.6 Å². The van der Waals surface area contributed by atoms with Crippen LogP contribution in [0.4, 0.5) is 0 Å². The second-order valence-electron chi connectivity index (χ2n) is 7.13. The van der Waals surface area contributed by atoms with E-state index in [1.165, 1.54) is 5.56 Å². The number of rotatable bonds is 4. The van der Waals surface area contributed by atoms with Gasteiger partial charge in [0.25, 0.3) is 0 Å². The van der Waals surface area contributed by atoms with E-state index in [0.717, 1.165) is 48.4 Å². The van der Waals surface area contributed by atoms with Crippen LogP contribution in [0.25, 0.3) is 28.3 Å². The van der Waals surface area contributed by atoms with E-state index in [0.29, 0.717) is 17.6 Å². The average Bonchev–Trinajstić information content (AvgIpc) is 3.24. The molecule has 1 aliphatic rings. The van der Waals surface area contributed by atoms with Gasteiger partial charge in [-0.3, -0.25) is 0 Å². The van der Waals surface area contributed by atoms with Crippen molar-refractivity contribution in [2.45, 2.75) is 18.8 Å². The Bertz CT molecular complexity index is 1130.